The first-order chi connectivity index (χ1) is 8.29. The Bertz CT molecular complexity index is 706. The standard InChI is InChI=1S/C13H16N2O2S/c1-8(2)10-5-6-12-11(7-10)9(3)14-13(15-12)18(4,16)17/h5-8H,1-4H3. The molecule has 0 unspecified atom stereocenters. The first-order valence-corrected chi connectivity index (χ1v) is 7.66. The fourth-order valence-corrected chi connectivity index (χ4v) is 2.36. The van der Waals surface area contributed by atoms with Gasteiger partial charge in [0.25, 0.3) is 0 Å². The molecule has 0 bridgehead atoms. The quantitative estimate of drug-likeness (QED) is 0.782. The van der Waals surface area contributed by atoms with Crippen molar-refractivity contribution in [2.75, 3.05) is 6.26 Å². The van der Waals surface area contributed by atoms with Gasteiger partial charge in [-0.15, -0.1) is 0 Å². The van der Waals surface area contributed by atoms with E-state index < -0.39 is 9.84 Å². The minimum Gasteiger partial charge on any atom is -0.223 e. The number of hydrogen-bond acceptors (Lipinski definition) is 4. The molecular weight excluding hydrogens is 248 g/mol. The molecule has 96 valence electrons. The van der Waals surface area contributed by atoms with Crippen LogP contribution in [-0.2, 0) is 9.84 Å². The van der Waals surface area contributed by atoms with Crippen molar-refractivity contribution in [1.82, 2.24) is 9.97 Å². The van der Waals surface area contributed by atoms with Crippen LogP contribution in [-0.4, -0.2) is 24.6 Å². The van der Waals surface area contributed by atoms with Crippen LogP contribution in [0.2, 0.25) is 0 Å². The van der Waals surface area contributed by atoms with Crippen molar-refractivity contribution in [3.8, 4) is 0 Å². The van der Waals surface area contributed by atoms with Crippen LogP contribution in [0.4, 0.5) is 0 Å². The molecule has 0 fully saturated rings. The van der Waals surface area contributed by atoms with E-state index in [4.69, 9.17) is 0 Å². The van der Waals surface area contributed by atoms with Crippen molar-refractivity contribution in [3.05, 3.63) is 29.5 Å². The summed E-state index contributed by atoms with van der Waals surface area (Å²) in [5.41, 5.74) is 2.57. The SMILES string of the molecule is Cc1nc(S(C)(=O)=O)nc2ccc(C(C)C)cc12. The van der Waals surface area contributed by atoms with E-state index in [0.717, 1.165) is 11.6 Å². The second-order valence-corrected chi connectivity index (χ2v) is 6.70. The Kier molecular flexibility index (Phi) is 3.11. The van der Waals surface area contributed by atoms with Gasteiger partial charge >= 0.3 is 0 Å². The highest BCUT2D eigenvalue weighted by molar-refractivity contribution is 7.90. The smallest absolute Gasteiger partial charge is 0.223 e. The van der Waals surface area contributed by atoms with E-state index in [2.05, 4.69) is 23.8 Å². The average Bonchev–Trinajstić information content (AvgIpc) is 2.27. The summed E-state index contributed by atoms with van der Waals surface area (Å²) >= 11 is 0. The summed E-state index contributed by atoms with van der Waals surface area (Å²) in [6.07, 6.45) is 1.12. The van der Waals surface area contributed by atoms with E-state index in [1.165, 1.54) is 5.56 Å². The van der Waals surface area contributed by atoms with Gasteiger partial charge in [-0.05, 0) is 30.5 Å². The molecular formula is C13H16N2O2S. The molecule has 0 saturated heterocycles. The first kappa shape index (κ1) is 13.0. The van der Waals surface area contributed by atoms with Gasteiger partial charge in [-0.25, -0.2) is 18.4 Å². The van der Waals surface area contributed by atoms with Crippen molar-refractivity contribution in [2.24, 2.45) is 0 Å². The van der Waals surface area contributed by atoms with Crippen molar-refractivity contribution in [2.45, 2.75) is 31.8 Å². The third kappa shape index (κ3) is 2.36. The zero-order valence-electron chi connectivity index (χ0n) is 10.9. The third-order valence-corrected chi connectivity index (χ3v) is 3.73. The molecule has 1 aromatic carbocycles. The third-order valence-electron chi connectivity index (χ3n) is 2.89. The Morgan fingerprint density at radius 3 is 2.39 bits per heavy atom. The lowest BCUT2D eigenvalue weighted by molar-refractivity contribution is 0.593. The van der Waals surface area contributed by atoms with E-state index in [-0.39, 0.29) is 5.16 Å². The highest BCUT2D eigenvalue weighted by Crippen LogP contribution is 2.22. The molecule has 0 aliphatic carbocycles. The Hall–Kier alpha value is -1.49. The lowest BCUT2D eigenvalue weighted by atomic mass is 10.0. The zero-order valence-corrected chi connectivity index (χ0v) is 11.7. The Labute approximate surface area is 107 Å². The molecule has 0 N–H and O–H groups in total. The fourth-order valence-electron chi connectivity index (χ4n) is 1.80. The number of aryl methyl sites for hydroxylation is 1. The number of benzene rings is 1. The van der Waals surface area contributed by atoms with Gasteiger partial charge in [0.05, 0.1) is 5.52 Å². The summed E-state index contributed by atoms with van der Waals surface area (Å²) in [6, 6.07) is 5.86. The molecule has 1 aromatic heterocycles. The van der Waals surface area contributed by atoms with Crippen LogP contribution in [0, 0.1) is 6.92 Å². The van der Waals surface area contributed by atoms with Crippen LogP contribution < -0.4 is 0 Å². The van der Waals surface area contributed by atoms with Crippen LogP contribution in [0.3, 0.4) is 0 Å². The molecule has 0 atom stereocenters. The molecule has 0 radical (unpaired) electrons. The lowest BCUT2D eigenvalue weighted by Gasteiger charge is -2.09. The monoisotopic (exact) mass is 264 g/mol. The van der Waals surface area contributed by atoms with Crippen molar-refractivity contribution in [3.63, 3.8) is 0 Å². The summed E-state index contributed by atoms with van der Waals surface area (Å²) in [5.74, 6) is 0.420. The molecule has 0 saturated carbocycles. The largest absolute Gasteiger partial charge is 0.247 e. The molecule has 0 amide bonds. The number of fused-ring (bicyclic) bond motifs is 1. The Balaban J connectivity index is 2.74. The van der Waals surface area contributed by atoms with Crippen molar-refractivity contribution >= 4 is 20.7 Å². The van der Waals surface area contributed by atoms with Gasteiger partial charge in [-0.2, -0.15) is 0 Å². The molecule has 5 heteroatoms. The van der Waals surface area contributed by atoms with Crippen molar-refractivity contribution in [1.29, 1.82) is 0 Å². The molecule has 1 heterocycles. The highest BCUT2D eigenvalue weighted by Gasteiger charge is 2.14. The molecule has 0 aliphatic rings. The molecule has 2 rings (SSSR count). The number of sulfone groups is 1. The van der Waals surface area contributed by atoms with E-state index in [1.807, 2.05) is 25.1 Å². The maximum atomic E-state index is 11.5. The van der Waals surface area contributed by atoms with Crippen molar-refractivity contribution < 1.29 is 8.42 Å². The topological polar surface area (TPSA) is 59.9 Å². The van der Waals surface area contributed by atoms with Crippen LogP contribution in [0.1, 0.15) is 31.0 Å². The maximum Gasteiger partial charge on any atom is 0.247 e. The summed E-state index contributed by atoms with van der Waals surface area (Å²) in [4.78, 5) is 8.18. The van der Waals surface area contributed by atoms with Gasteiger partial charge in [0, 0.05) is 17.3 Å². The van der Waals surface area contributed by atoms with Crippen LogP contribution in [0.25, 0.3) is 10.9 Å². The Morgan fingerprint density at radius 1 is 1.17 bits per heavy atom. The second-order valence-electron chi connectivity index (χ2n) is 4.80. The molecule has 18 heavy (non-hydrogen) atoms. The summed E-state index contributed by atoms with van der Waals surface area (Å²) < 4.78 is 23.0. The zero-order chi connectivity index (χ0) is 13.5. The number of hydrogen-bond donors (Lipinski definition) is 0. The maximum absolute atomic E-state index is 11.5. The molecule has 0 aliphatic heterocycles. The first-order valence-electron chi connectivity index (χ1n) is 5.77. The van der Waals surface area contributed by atoms with E-state index >= 15 is 0 Å². The number of rotatable bonds is 2. The highest BCUT2D eigenvalue weighted by atomic mass is 32.2. The van der Waals surface area contributed by atoms with E-state index in [9.17, 15) is 8.42 Å². The second kappa shape index (κ2) is 4.31. The average molecular weight is 264 g/mol. The van der Waals surface area contributed by atoms with Crippen LogP contribution >= 0.6 is 0 Å². The van der Waals surface area contributed by atoms with E-state index in [1.54, 1.807) is 0 Å². The minimum absolute atomic E-state index is 0.107. The van der Waals surface area contributed by atoms with E-state index in [0.29, 0.717) is 17.1 Å². The van der Waals surface area contributed by atoms with Crippen LogP contribution in [0.15, 0.2) is 23.4 Å². The molecule has 4 nitrogen and oxygen atoms in total. The molecule has 2 aromatic rings. The normalized spacial score (nSPS) is 12.3. The summed E-state index contributed by atoms with van der Waals surface area (Å²) in [5, 5.41) is 0.804. The summed E-state index contributed by atoms with van der Waals surface area (Å²) in [6.45, 7) is 6.03. The van der Waals surface area contributed by atoms with Gasteiger partial charge in [0.1, 0.15) is 0 Å². The van der Waals surface area contributed by atoms with Crippen LogP contribution in [0.5, 0.6) is 0 Å². The molecule has 0 spiro atoms. The lowest BCUT2D eigenvalue weighted by Crippen LogP contribution is -2.06. The number of nitrogens with zero attached hydrogens (tertiary/aromatic N) is 2. The Morgan fingerprint density at radius 2 is 1.83 bits per heavy atom. The predicted octanol–water partition coefficient (Wildman–Crippen LogP) is 2.47. The fraction of sp³-hybridized carbons (Fsp3) is 0.385. The predicted molar refractivity (Wildman–Crippen MR) is 71.5 cm³/mol. The van der Waals surface area contributed by atoms with Gasteiger partial charge in [0.15, 0.2) is 0 Å². The van der Waals surface area contributed by atoms with Gasteiger partial charge in [0.2, 0.25) is 15.0 Å². The minimum atomic E-state index is -3.37. The van der Waals surface area contributed by atoms with Gasteiger partial charge < -0.3 is 0 Å². The summed E-state index contributed by atoms with van der Waals surface area (Å²) in [7, 11) is -3.37. The number of aromatic nitrogens is 2. The van der Waals surface area contributed by atoms with Gasteiger partial charge in [-0.3, -0.25) is 0 Å². The van der Waals surface area contributed by atoms with Gasteiger partial charge in [-0.1, -0.05) is 19.9 Å².